The molecule has 1 amide bonds. The topological polar surface area (TPSA) is 101 Å². The summed E-state index contributed by atoms with van der Waals surface area (Å²) in [7, 11) is 0. The summed E-state index contributed by atoms with van der Waals surface area (Å²) in [6.45, 7) is 0. The minimum absolute atomic E-state index is 0.0305. The van der Waals surface area contributed by atoms with Gasteiger partial charge in [0.2, 0.25) is 0 Å². The highest BCUT2D eigenvalue weighted by Crippen LogP contribution is 2.21. The van der Waals surface area contributed by atoms with E-state index in [0.717, 1.165) is 11.0 Å². The lowest BCUT2D eigenvalue weighted by Gasteiger charge is -2.08. The van der Waals surface area contributed by atoms with Gasteiger partial charge < -0.3 is 10.3 Å². The molecule has 0 aliphatic carbocycles. The van der Waals surface area contributed by atoms with Crippen LogP contribution in [0.15, 0.2) is 78.9 Å². The second-order valence-corrected chi connectivity index (χ2v) is 6.33. The molecule has 1 heterocycles. The molecular weight excluding hydrogens is 368 g/mol. The zero-order valence-corrected chi connectivity index (χ0v) is 15.2. The van der Waals surface area contributed by atoms with Crippen LogP contribution in [-0.4, -0.2) is 20.8 Å². The number of carbonyl (C=O) groups excluding carboxylic acids is 1. The molecule has 0 spiro atoms. The molecule has 142 valence electrons. The number of hydrogen-bond acceptors (Lipinski definition) is 4. The number of nitro groups is 1. The zero-order valence-electron chi connectivity index (χ0n) is 15.2. The molecule has 0 atom stereocenters. The Bertz CT molecular complexity index is 1200. The number of non-ortho nitro benzene ring substituents is 1. The predicted octanol–water partition coefficient (Wildman–Crippen LogP) is 4.40. The summed E-state index contributed by atoms with van der Waals surface area (Å²) in [5.74, 6) is 0.157. The maximum Gasteiger partial charge on any atom is 0.270 e. The Hall–Kier alpha value is -4.26. The Balaban J connectivity index is 1.77. The monoisotopic (exact) mass is 384 g/mol. The van der Waals surface area contributed by atoms with E-state index in [9.17, 15) is 14.9 Å². The molecule has 2 N–H and O–H groups in total. The molecule has 7 nitrogen and oxygen atoms in total. The lowest BCUT2D eigenvalue weighted by molar-refractivity contribution is -0.384. The molecular formula is C22H16N4O3. The van der Waals surface area contributed by atoms with Crippen molar-refractivity contribution < 1.29 is 9.72 Å². The van der Waals surface area contributed by atoms with Crippen LogP contribution >= 0.6 is 0 Å². The molecule has 1 aromatic heterocycles. The van der Waals surface area contributed by atoms with Gasteiger partial charge >= 0.3 is 0 Å². The first kappa shape index (κ1) is 18.1. The van der Waals surface area contributed by atoms with Crippen molar-refractivity contribution in [3.63, 3.8) is 0 Å². The number of aromatic nitrogens is 2. The van der Waals surface area contributed by atoms with Crippen molar-refractivity contribution in [2.75, 3.05) is 0 Å². The molecule has 0 aliphatic rings. The minimum Gasteiger partial charge on any atom is -0.337 e. The fraction of sp³-hybridized carbons (Fsp3) is 0. The number of rotatable bonds is 5. The third-order valence-electron chi connectivity index (χ3n) is 4.32. The first-order valence-corrected chi connectivity index (χ1v) is 8.88. The normalized spacial score (nSPS) is 11.4. The van der Waals surface area contributed by atoms with E-state index in [4.69, 9.17) is 0 Å². The molecule has 3 aromatic carbocycles. The summed E-state index contributed by atoms with van der Waals surface area (Å²) < 4.78 is 0. The molecule has 0 bridgehead atoms. The van der Waals surface area contributed by atoms with Crippen molar-refractivity contribution in [1.82, 2.24) is 15.3 Å². The average Bonchev–Trinajstić information content (AvgIpc) is 3.18. The lowest BCUT2D eigenvalue weighted by atomic mass is 10.1. The van der Waals surface area contributed by atoms with Crippen LogP contribution in [-0.2, 0) is 0 Å². The number of para-hydroxylation sites is 2. The Morgan fingerprint density at radius 3 is 2.52 bits per heavy atom. The van der Waals surface area contributed by atoms with E-state index in [1.165, 1.54) is 12.1 Å². The summed E-state index contributed by atoms with van der Waals surface area (Å²) in [6.07, 6.45) is 1.66. The van der Waals surface area contributed by atoms with Crippen molar-refractivity contribution in [1.29, 1.82) is 0 Å². The summed E-state index contributed by atoms with van der Waals surface area (Å²) in [4.78, 5) is 31.1. The molecule has 29 heavy (non-hydrogen) atoms. The first-order valence-electron chi connectivity index (χ1n) is 8.88. The van der Waals surface area contributed by atoms with Crippen LogP contribution in [0.1, 0.15) is 21.7 Å². The SMILES string of the molecule is O=C(N/C(=C/c1cccc([N+](=O)[O-])c1)c1nc2ccccc2[nH]1)c1ccccc1. The minimum atomic E-state index is -0.458. The van der Waals surface area contributed by atoms with Gasteiger partial charge in [-0.3, -0.25) is 14.9 Å². The van der Waals surface area contributed by atoms with Crippen LogP contribution in [0, 0.1) is 10.1 Å². The Morgan fingerprint density at radius 2 is 1.76 bits per heavy atom. The van der Waals surface area contributed by atoms with E-state index in [1.807, 2.05) is 30.3 Å². The third kappa shape index (κ3) is 4.03. The van der Waals surface area contributed by atoms with Gasteiger partial charge in [0.1, 0.15) is 0 Å². The predicted molar refractivity (Wildman–Crippen MR) is 111 cm³/mol. The van der Waals surface area contributed by atoms with Gasteiger partial charge in [-0.25, -0.2) is 4.98 Å². The smallest absolute Gasteiger partial charge is 0.270 e. The lowest BCUT2D eigenvalue weighted by Crippen LogP contribution is -2.22. The van der Waals surface area contributed by atoms with Crippen LogP contribution in [0.3, 0.4) is 0 Å². The summed E-state index contributed by atoms with van der Waals surface area (Å²) >= 11 is 0. The number of benzene rings is 3. The fourth-order valence-corrected chi connectivity index (χ4v) is 2.92. The Labute approximate surface area is 165 Å². The van der Waals surface area contributed by atoms with Crippen LogP contribution in [0.2, 0.25) is 0 Å². The van der Waals surface area contributed by atoms with E-state index in [-0.39, 0.29) is 11.6 Å². The van der Waals surface area contributed by atoms with Crippen LogP contribution in [0.4, 0.5) is 5.69 Å². The molecule has 0 fully saturated rings. The molecule has 0 saturated heterocycles. The van der Waals surface area contributed by atoms with E-state index < -0.39 is 4.92 Å². The van der Waals surface area contributed by atoms with E-state index in [0.29, 0.717) is 22.6 Å². The average molecular weight is 384 g/mol. The van der Waals surface area contributed by atoms with E-state index >= 15 is 0 Å². The van der Waals surface area contributed by atoms with Gasteiger partial charge in [-0.2, -0.15) is 0 Å². The molecule has 0 unspecified atom stereocenters. The number of carbonyl (C=O) groups is 1. The van der Waals surface area contributed by atoms with Crippen LogP contribution in [0.5, 0.6) is 0 Å². The molecule has 4 rings (SSSR count). The zero-order chi connectivity index (χ0) is 20.2. The van der Waals surface area contributed by atoms with Gasteiger partial charge in [-0.15, -0.1) is 0 Å². The highest BCUT2D eigenvalue weighted by molar-refractivity contribution is 6.01. The summed E-state index contributed by atoms with van der Waals surface area (Å²) in [5.41, 5.74) is 3.02. The second kappa shape index (κ2) is 7.77. The molecule has 0 radical (unpaired) electrons. The number of amides is 1. The van der Waals surface area contributed by atoms with Crippen molar-refractivity contribution in [3.05, 3.63) is 106 Å². The highest BCUT2D eigenvalue weighted by Gasteiger charge is 2.14. The first-order chi connectivity index (χ1) is 14.1. The largest absolute Gasteiger partial charge is 0.337 e. The summed E-state index contributed by atoms with van der Waals surface area (Å²) in [6, 6.07) is 22.5. The van der Waals surface area contributed by atoms with Gasteiger partial charge in [0.15, 0.2) is 5.82 Å². The summed E-state index contributed by atoms with van der Waals surface area (Å²) in [5, 5.41) is 14.0. The van der Waals surface area contributed by atoms with Gasteiger partial charge in [0.05, 0.1) is 21.7 Å². The molecule has 7 heteroatoms. The number of nitrogens with one attached hydrogen (secondary N) is 2. The third-order valence-corrected chi connectivity index (χ3v) is 4.32. The fourth-order valence-electron chi connectivity index (χ4n) is 2.92. The second-order valence-electron chi connectivity index (χ2n) is 6.33. The maximum atomic E-state index is 12.7. The molecule has 0 saturated carbocycles. The van der Waals surface area contributed by atoms with Crippen LogP contribution in [0.25, 0.3) is 22.8 Å². The van der Waals surface area contributed by atoms with Gasteiger partial charge in [0, 0.05) is 17.7 Å². The van der Waals surface area contributed by atoms with Crippen molar-refractivity contribution in [3.8, 4) is 0 Å². The Morgan fingerprint density at radius 1 is 1.00 bits per heavy atom. The van der Waals surface area contributed by atoms with Crippen molar-refractivity contribution >= 4 is 34.4 Å². The number of nitrogens with zero attached hydrogens (tertiary/aromatic N) is 2. The standard InChI is InChI=1S/C22H16N4O3/c27-22(16-8-2-1-3-9-16)25-20(14-15-7-6-10-17(13-15)26(28)29)21-23-18-11-4-5-12-19(18)24-21/h1-14H,(H,23,24)(H,25,27)/b20-14+. The van der Waals surface area contributed by atoms with Gasteiger partial charge in [-0.1, -0.05) is 42.5 Å². The van der Waals surface area contributed by atoms with E-state index in [1.54, 1.807) is 42.5 Å². The Kier molecular flexibility index (Phi) is 4.86. The van der Waals surface area contributed by atoms with E-state index in [2.05, 4.69) is 15.3 Å². The molecule has 4 aromatic rings. The quantitative estimate of drug-likeness (QED) is 0.393. The van der Waals surface area contributed by atoms with Crippen LogP contribution < -0.4 is 5.32 Å². The van der Waals surface area contributed by atoms with Gasteiger partial charge in [-0.05, 0) is 35.9 Å². The maximum absolute atomic E-state index is 12.7. The molecule has 0 aliphatic heterocycles. The number of imidazole rings is 1. The van der Waals surface area contributed by atoms with Crippen molar-refractivity contribution in [2.45, 2.75) is 0 Å². The van der Waals surface area contributed by atoms with Crippen molar-refractivity contribution in [2.24, 2.45) is 0 Å². The highest BCUT2D eigenvalue weighted by atomic mass is 16.6. The van der Waals surface area contributed by atoms with Gasteiger partial charge in [0.25, 0.3) is 11.6 Å². The number of fused-ring (bicyclic) bond motifs is 1. The number of nitro benzene ring substituents is 1. The number of aromatic amines is 1. The number of hydrogen-bond donors (Lipinski definition) is 2. The number of H-pyrrole nitrogens is 1.